The number of hydrogen-bond donors (Lipinski definition) is 0. The van der Waals surface area contributed by atoms with Gasteiger partial charge in [-0.15, -0.1) is 0 Å². The number of amides is 1. The number of ether oxygens (including phenoxy) is 2. The van der Waals surface area contributed by atoms with Crippen molar-refractivity contribution >= 4 is 28.7 Å². The van der Waals surface area contributed by atoms with Gasteiger partial charge in [0.1, 0.15) is 5.60 Å². The minimum absolute atomic E-state index is 0.334. The third-order valence-electron chi connectivity index (χ3n) is 3.36. The molecule has 0 atom stereocenters. The first kappa shape index (κ1) is 19.8. The molecule has 1 fully saturated rings. The Bertz CT molecular complexity index is 375. The number of halogens is 4. The van der Waals surface area contributed by atoms with E-state index in [0.717, 1.165) is 0 Å². The van der Waals surface area contributed by atoms with Crippen LogP contribution in [-0.4, -0.2) is 52.5 Å². The third-order valence-corrected chi connectivity index (χ3v) is 4.75. The van der Waals surface area contributed by atoms with Crippen LogP contribution >= 0.6 is 22.6 Å². The van der Waals surface area contributed by atoms with E-state index in [1.807, 2.05) is 0 Å². The lowest BCUT2D eigenvalue weighted by molar-refractivity contribution is -0.160. The lowest BCUT2D eigenvalue weighted by Gasteiger charge is -2.41. The van der Waals surface area contributed by atoms with Gasteiger partial charge in [0.25, 0.3) is 0 Å². The number of alkyl halides is 4. The fourth-order valence-electron chi connectivity index (χ4n) is 2.12. The zero-order chi connectivity index (χ0) is 17.0. The van der Waals surface area contributed by atoms with Gasteiger partial charge in [-0.2, -0.15) is 13.2 Å². The van der Waals surface area contributed by atoms with E-state index in [9.17, 15) is 18.0 Å². The fourth-order valence-corrected chi connectivity index (χ4v) is 3.11. The van der Waals surface area contributed by atoms with Gasteiger partial charge < -0.3 is 14.4 Å². The van der Waals surface area contributed by atoms with Gasteiger partial charge in [0.05, 0.1) is 18.6 Å². The summed E-state index contributed by atoms with van der Waals surface area (Å²) in [5.74, 6) is 0. The first-order valence-corrected chi connectivity index (χ1v) is 8.74. The summed E-state index contributed by atoms with van der Waals surface area (Å²) in [6.07, 6.45) is -4.49. The second-order valence-corrected chi connectivity index (χ2v) is 7.26. The average Bonchev–Trinajstić information content (AvgIpc) is 2.36. The van der Waals surface area contributed by atoms with Gasteiger partial charge in [0.15, 0.2) is 0 Å². The first-order chi connectivity index (χ1) is 9.96. The van der Waals surface area contributed by atoms with Crippen molar-refractivity contribution in [2.45, 2.75) is 57.4 Å². The van der Waals surface area contributed by atoms with E-state index < -0.39 is 23.8 Å². The van der Waals surface area contributed by atoms with Crippen molar-refractivity contribution in [2.75, 3.05) is 24.1 Å². The molecule has 0 radical (unpaired) electrons. The zero-order valence-electron chi connectivity index (χ0n) is 13.1. The maximum atomic E-state index is 12.2. The highest BCUT2D eigenvalue weighted by molar-refractivity contribution is 14.1. The molecule has 1 rings (SSSR count). The Hall–Kier alpha value is -0.250. The monoisotopic (exact) mass is 437 g/mol. The van der Waals surface area contributed by atoms with Gasteiger partial charge in [0.2, 0.25) is 0 Å². The smallest absolute Gasteiger partial charge is 0.410 e. The van der Waals surface area contributed by atoms with Crippen molar-refractivity contribution in [3.8, 4) is 0 Å². The van der Waals surface area contributed by atoms with Crippen LogP contribution in [0.1, 0.15) is 40.0 Å². The highest BCUT2D eigenvalue weighted by atomic mass is 127. The predicted octanol–water partition coefficient (Wildman–Crippen LogP) is 4.16. The molecule has 22 heavy (non-hydrogen) atoms. The summed E-state index contributed by atoms with van der Waals surface area (Å²) in [5, 5.41) is 0. The van der Waals surface area contributed by atoms with E-state index in [-0.39, 0.29) is 12.7 Å². The van der Waals surface area contributed by atoms with E-state index in [1.165, 1.54) is 0 Å². The Morgan fingerprint density at radius 2 is 1.77 bits per heavy atom. The molecule has 8 heteroatoms. The highest BCUT2D eigenvalue weighted by Gasteiger charge is 2.38. The van der Waals surface area contributed by atoms with Crippen molar-refractivity contribution < 1.29 is 27.4 Å². The summed E-state index contributed by atoms with van der Waals surface area (Å²) < 4.78 is 48.1. The zero-order valence-corrected chi connectivity index (χ0v) is 15.3. The molecule has 0 saturated carbocycles. The number of carbonyl (C=O) groups excluding carboxylic acids is 1. The van der Waals surface area contributed by atoms with E-state index >= 15 is 0 Å². The lowest BCUT2D eigenvalue weighted by atomic mass is 9.93. The van der Waals surface area contributed by atoms with Gasteiger partial charge in [0, 0.05) is 17.5 Å². The molecule has 0 aliphatic carbocycles. The molecule has 0 aromatic carbocycles. The summed E-state index contributed by atoms with van der Waals surface area (Å²) in [6.45, 7) is 5.92. The molecule has 0 aromatic rings. The van der Waals surface area contributed by atoms with E-state index in [4.69, 9.17) is 9.47 Å². The Morgan fingerprint density at radius 3 is 2.18 bits per heavy atom. The minimum atomic E-state index is -4.20. The van der Waals surface area contributed by atoms with E-state index in [0.29, 0.717) is 30.4 Å². The molecule has 1 heterocycles. The topological polar surface area (TPSA) is 38.8 Å². The molecule has 0 unspecified atom stereocenters. The number of hydrogen-bond acceptors (Lipinski definition) is 3. The Labute approximate surface area is 142 Å². The van der Waals surface area contributed by atoms with Crippen molar-refractivity contribution in [1.82, 2.24) is 4.90 Å². The summed E-state index contributed by atoms with van der Waals surface area (Å²) in [4.78, 5) is 13.6. The summed E-state index contributed by atoms with van der Waals surface area (Å²) in [5.41, 5.74) is -1.14. The van der Waals surface area contributed by atoms with Crippen LogP contribution in [0.2, 0.25) is 0 Å². The second-order valence-electron chi connectivity index (χ2n) is 6.50. The molecule has 1 aliphatic heterocycles. The quantitative estimate of drug-likeness (QED) is 0.490. The Kier molecular flexibility index (Phi) is 6.79. The predicted molar refractivity (Wildman–Crippen MR) is 85.3 cm³/mol. The van der Waals surface area contributed by atoms with Crippen molar-refractivity contribution in [3.05, 3.63) is 0 Å². The van der Waals surface area contributed by atoms with Gasteiger partial charge in [-0.3, -0.25) is 0 Å². The van der Waals surface area contributed by atoms with Crippen LogP contribution in [0.4, 0.5) is 18.0 Å². The standard InChI is InChI=1S/C14H23F3INO3/c1-12(2,3)22-11(20)19-7-4-13(10-18,5-8-19)21-9-6-14(15,16)17/h4-10H2,1-3H3. The number of carbonyl (C=O) groups is 1. The minimum Gasteiger partial charge on any atom is -0.444 e. The van der Waals surface area contributed by atoms with E-state index in [1.54, 1.807) is 25.7 Å². The molecular formula is C14H23F3INO3. The van der Waals surface area contributed by atoms with Crippen LogP contribution in [0.3, 0.4) is 0 Å². The van der Waals surface area contributed by atoms with Crippen LogP contribution in [0.15, 0.2) is 0 Å². The summed E-state index contributed by atoms with van der Waals surface area (Å²) >= 11 is 2.13. The summed E-state index contributed by atoms with van der Waals surface area (Å²) in [7, 11) is 0. The number of nitrogens with zero attached hydrogens (tertiary/aromatic N) is 1. The maximum absolute atomic E-state index is 12.2. The molecule has 0 N–H and O–H groups in total. The van der Waals surface area contributed by atoms with Crippen molar-refractivity contribution in [3.63, 3.8) is 0 Å². The van der Waals surface area contributed by atoms with Crippen LogP contribution in [0.25, 0.3) is 0 Å². The van der Waals surface area contributed by atoms with Crippen LogP contribution < -0.4 is 0 Å². The van der Waals surface area contributed by atoms with Gasteiger partial charge in [-0.25, -0.2) is 4.79 Å². The molecule has 4 nitrogen and oxygen atoms in total. The summed E-state index contributed by atoms with van der Waals surface area (Å²) in [6, 6.07) is 0. The largest absolute Gasteiger partial charge is 0.444 e. The van der Waals surface area contributed by atoms with Gasteiger partial charge in [-0.1, -0.05) is 22.6 Å². The molecule has 1 saturated heterocycles. The van der Waals surface area contributed by atoms with Crippen molar-refractivity contribution in [1.29, 1.82) is 0 Å². The van der Waals surface area contributed by atoms with Gasteiger partial charge in [-0.05, 0) is 33.6 Å². The Morgan fingerprint density at radius 1 is 1.23 bits per heavy atom. The molecular weight excluding hydrogens is 414 g/mol. The molecule has 0 bridgehead atoms. The highest BCUT2D eigenvalue weighted by Crippen LogP contribution is 2.31. The van der Waals surface area contributed by atoms with Crippen molar-refractivity contribution in [2.24, 2.45) is 0 Å². The molecule has 1 aliphatic rings. The number of rotatable bonds is 4. The second kappa shape index (κ2) is 7.55. The van der Waals surface area contributed by atoms with Crippen LogP contribution in [0, 0.1) is 0 Å². The molecule has 1 amide bonds. The molecule has 0 aromatic heterocycles. The normalized spacial score (nSPS) is 19.1. The van der Waals surface area contributed by atoms with Crippen LogP contribution in [0.5, 0.6) is 0 Å². The third kappa shape index (κ3) is 6.89. The lowest BCUT2D eigenvalue weighted by Crippen LogP contribution is -2.50. The SMILES string of the molecule is CC(C)(C)OC(=O)N1CCC(CI)(OCCC(F)(F)F)CC1. The number of likely N-dealkylation sites (tertiary alicyclic amines) is 1. The first-order valence-electron chi connectivity index (χ1n) is 7.21. The Balaban J connectivity index is 2.48. The fraction of sp³-hybridized carbons (Fsp3) is 0.929. The maximum Gasteiger partial charge on any atom is 0.410 e. The molecule has 0 spiro atoms. The van der Waals surface area contributed by atoms with E-state index in [2.05, 4.69) is 22.6 Å². The van der Waals surface area contributed by atoms with Crippen LogP contribution in [-0.2, 0) is 9.47 Å². The van der Waals surface area contributed by atoms with Gasteiger partial charge >= 0.3 is 12.3 Å². The molecule has 130 valence electrons. The number of piperidine rings is 1. The average molecular weight is 437 g/mol.